The number of fused-ring (bicyclic) bond motifs is 3. The zero-order valence-electron chi connectivity index (χ0n) is 23.4. The molecule has 3 rings (SSSR count). The van der Waals surface area contributed by atoms with Crippen molar-refractivity contribution < 1.29 is 48.3 Å². The van der Waals surface area contributed by atoms with E-state index in [0.717, 1.165) is 0 Å². The third-order valence-electron chi connectivity index (χ3n) is 8.75. The summed E-state index contributed by atoms with van der Waals surface area (Å²) in [6.07, 6.45) is -6.28. The van der Waals surface area contributed by atoms with Crippen LogP contribution in [0.3, 0.4) is 0 Å². The van der Waals surface area contributed by atoms with Gasteiger partial charge in [0.2, 0.25) is 0 Å². The second-order valence-electron chi connectivity index (χ2n) is 11.6. The Morgan fingerprint density at radius 1 is 0.842 bits per heavy atom. The zero-order chi connectivity index (χ0) is 28.9. The molecule has 0 spiro atoms. The van der Waals surface area contributed by atoms with Crippen LogP contribution in [0.1, 0.15) is 68.2 Å². The molecule has 0 heterocycles. The van der Waals surface area contributed by atoms with Crippen LogP contribution in [0.5, 0.6) is 0 Å². The van der Waals surface area contributed by atoms with Crippen molar-refractivity contribution in [3.05, 3.63) is 23.3 Å². The van der Waals surface area contributed by atoms with E-state index in [-0.39, 0.29) is 18.4 Å². The highest BCUT2D eigenvalue weighted by Crippen LogP contribution is 2.60. The van der Waals surface area contributed by atoms with Gasteiger partial charge in [-0.2, -0.15) is 0 Å². The standard InChI is InChI=1S/C28H40O10/c1-12-19(33)11-21(36-15(4)30)28(9)22(12)24(34)18-10-20(35-14(3)29)13(2)23(27(18,7)8)25(37-16(5)31)26(28)38-17(6)32/h18-22,24-26,33-34H,1,10-11H2,2-9H3/t18-,19-,20-,21-,22-,24+,25+,26-,28+/m0/s1. The van der Waals surface area contributed by atoms with Gasteiger partial charge < -0.3 is 29.2 Å². The van der Waals surface area contributed by atoms with E-state index in [4.69, 9.17) is 18.9 Å². The van der Waals surface area contributed by atoms with Crippen LogP contribution in [0.4, 0.5) is 0 Å². The lowest BCUT2D eigenvalue weighted by atomic mass is 9.48. The van der Waals surface area contributed by atoms with Gasteiger partial charge in [-0.25, -0.2) is 0 Å². The first-order valence-electron chi connectivity index (χ1n) is 12.9. The lowest BCUT2D eigenvalue weighted by Gasteiger charge is -2.61. The summed E-state index contributed by atoms with van der Waals surface area (Å²) in [6, 6.07) is 0. The number of ether oxygens (including phenoxy) is 4. The van der Waals surface area contributed by atoms with Gasteiger partial charge in [0.25, 0.3) is 0 Å². The van der Waals surface area contributed by atoms with Gasteiger partial charge in [0.15, 0.2) is 12.2 Å². The van der Waals surface area contributed by atoms with Crippen molar-refractivity contribution in [3.8, 4) is 0 Å². The molecule has 0 saturated heterocycles. The molecule has 0 aromatic rings. The van der Waals surface area contributed by atoms with Gasteiger partial charge in [-0.1, -0.05) is 27.4 Å². The molecule has 3 aliphatic rings. The van der Waals surface area contributed by atoms with Crippen LogP contribution in [0.2, 0.25) is 0 Å². The number of hydrogen-bond donors (Lipinski definition) is 2. The number of aliphatic hydroxyl groups is 2. The maximum absolute atomic E-state index is 12.6. The maximum Gasteiger partial charge on any atom is 0.303 e. The molecule has 0 aliphatic heterocycles. The average Bonchev–Trinajstić information content (AvgIpc) is 2.75. The predicted molar refractivity (Wildman–Crippen MR) is 134 cm³/mol. The molecule has 2 N–H and O–H groups in total. The van der Waals surface area contributed by atoms with E-state index in [1.807, 2.05) is 13.8 Å². The summed E-state index contributed by atoms with van der Waals surface area (Å²) in [7, 11) is 0. The quantitative estimate of drug-likeness (QED) is 0.312. The first-order chi connectivity index (χ1) is 17.4. The maximum atomic E-state index is 12.6. The summed E-state index contributed by atoms with van der Waals surface area (Å²) in [5.41, 5.74) is -0.727. The van der Waals surface area contributed by atoms with Crippen LogP contribution >= 0.6 is 0 Å². The third kappa shape index (κ3) is 5.00. The van der Waals surface area contributed by atoms with E-state index in [2.05, 4.69) is 6.58 Å². The molecule has 10 nitrogen and oxygen atoms in total. The zero-order valence-corrected chi connectivity index (χ0v) is 23.4. The summed E-state index contributed by atoms with van der Waals surface area (Å²) in [5, 5.41) is 23.1. The van der Waals surface area contributed by atoms with Crippen LogP contribution < -0.4 is 0 Å². The molecule has 3 aliphatic carbocycles. The van der Waals surface area contributed by atoms with E-state index in [1.54, 1.807) is 13.8 Å². The number of hydrogen-bond acceptors (Lipinski definition) is 10. The highest BCUT2D eigenvalue weighted by Gasteiger charge is 2.66. The highest BCUT2D eigenvalue weighted by molar-refractivity contribution is 5.69. The number of aliphatic hydroxyl groups excluding tert-OH is 2. The topological polar surface area (TPSA) is 146 Å². The van der Waals surface area contributed by atoms with Crippen molar-refractivity contribution >= 4 is 23.9 Å². The van der Waals surface area contributed by atoms with E-state index >= 15 is 0 Å². The lowest BCUT2D eigenvalue weighted by molar-refractivity contribution is -0.224. The molecular formula is C28H40O10. The Kier molecular flexibility index (Phi) is 8.20. The van der Waals surface area contributed by atoms with Crippen LogP contribution in [0.15, 0.2) is 23.3 Å². The molecule has 38 heavy (non-hydrogen) atoms. The molecule has 0 aromatic heterocycles. The van der Waals surface area contributed by atoms with Crippen molar-refractivity contribution in [2.75, 3.05) is 0 Å². The Balaban J connectivity index is 2.44. The van der Waals surface area contributed by atoms with E-state index in [1.165, 1.54) is 27.7 Å². The Bertz CT molecular complexity index is 1060. The van der Waals surface area contributed by atoms with Crippen LogP contribution in [-0.4, -0.2) is 70.7 Å². The summed E-state index contributed by atoms with van der Waals surface area (Å²) in [6.45, 7) is 16.3. The second-order valence-corrected chi connectivity index (χ2v) is 11.6. The fourth-order valence-electron chi connectivity index (χ4n) is 7.19. The Morgan fingerprint density at radius 2 is 1.37 bits per heavy atom. The minimum absolute atomic E-state index is 0.0507. The Morgan fingerprint density at radius 3 is 1.87 bits per heavy atom. The molecular weight excluding hydrogens is 496 g/mol. The summed E-state index contributed by atoms with van der Waals surface area (Å²) in [5.74, 6) is -3.97. The summed E-state index contributed by atoms with van der Waals surface area (Å²) < 4.78 is 23.2. The lowest BCUT2D eigenvalue weighted by Crippen LogP contribution is -2.67. The Hall–Kier alpha value is -2.72. The van der Waals surface area contributed by atoms with Crippen molar-refractivity contribution in [3.63, 3.8) is 0 Å². The monoisotopic (exact) mass is 536 g/mol. The summed E-state index contributed by atoms with van der Waals surface area (Å²) >= 11 is 0. The van der Waals surface area contributed by atoms with Gasteiger partial charge in [0.05, 0.1) is 17.6 Å². The van der Waals surface area contributed by atoms with Gasteiger partial charge in [0, 0.05) is 40.0 Å². The molecule has 10 heteroatoms. The molecule has 212 valence electrons. The van der Waals surface area contributed by atoms with Gasteiger partial charge >= 0.3 is 23.9 Å². The van der Waals surface area contributed by atoms with Crippen LogP contribution in [0.25, 0.3) is 0 Å². The number of carbonyl (C=O) groups is 4. The smallest absolute Gasteiger partial charge is 0.303 e. The van der Waals surface area contributed by atoms with Gasteiger partial charge in [-0.15, -0.1) is 0 Å². The van der Waals surface area contributed by atoms with Gasteiger partial charge in [-0.05, 0) is 41.4 Å². The van der Waals surface area contributed by atoms with Crippen molar-refractivity contribution in [2.24, 2.45) is 22.7 Å². The van der Waals surface area contributed by atoms with Crippen molar-refractivity contribution in [1.29, 1.82) is 0 Å². The second kappa shape index (κ2) is 10.4. The molecule has 2 saturated carbocycles. The van der Waals surface area contributed by atoms with Gasteiger partial charge in [0.1, 0.15) is 12.2 Å². The minimum Gasteiger partial charge on any atom is -0.462 e. The molecule has 2 bridgehead atoms. The van der Waals surface area contributed by atoms with E-state index in [9.17, 15) is 29.4 Å². The van der Waals surface area contributed by atoms with Crippen molar-refractivity contribution in [1.82, 2.24) is 0 Å². The largest absolute Gasteiger partial charge is 0.462 e. The third-order valence-corrected chi connectivity index (χ3v) is 8.75. The highest BCUT2D eigenvalue weighted by atomic mass is 16.6. The average molecular weight is 537 g/mol. The molecule has 0 radical (unpaired) electrons. The van der Waals surface area contributed by atoms with Crippen molar-refractivity contribution in [2.45, 2.75) is 105 Å². The van der Waals surface area contributed by atoms with E-state index < -0.39 is 83.2 Å². The fraction of sp³-hybridized carbons (Fsp3) is 0.714. The molecule has 0 unspecified atom stereocenters. The number of rotatable bonds is 4. The molecule has 0 amide bonds. The van der Waals surface area contributed by atoms with Gasteiger partial charge in [-0.3, -0.25) is 19.2 Å². The number of carbonyl (C=O) groups excluding carboxylic acids is 4. The number of esters is 4. The van der Waals surface area contributed by atoms with Crippen LogP contribution in [-0.2, 0) is 38.1 Å². The molecule has 0 aromatic carbocycles. The van der Waals surface area contributed by atoms with E-state index in [0.29, 0.717) is 11.1 Å². The first kappa shape index (κ1) is 29.8. The molecule has 9 atom stereocenters. The Labute approximate surface area is 223 Å². The minimum atomic E-state index is -1.36. The predicted octanol–water partition coefficient (Wildman–Crippen LogP) is 2.39. The first-order valence-corrected chi connectivity index (χ1v) is 12.9. The SMILES string of the molecule is C=C1[C@@H](O)C[C@H](OC(C)=O)[C@@]2(C)[C@@H](OC(C)=O)[C@H](OC(C)=O)C3=C(C)[C@@H](OC(C)=O)C[C@@H]([C@@H](O)[C@H]12)C3(C)C. The molecule has 2 fully saturated rings. The van der Waals surface area contributed by atoms with Crippen LogP contribution in [0, 0.1) is 22.7 Å². The fourth-order valence-corrected chi connectivity index (χ4v) is 7.19. The summed E-state index contributed by atoms with van der Waals surface area (Å²) in [4.78, 5) is 49.3. The normalized spacial score (nSPS) is 38.2.